The van der Waals surface area contributed by atoms with Crippen LogP contribution in [0.5, 0.6) is 0 Å². The van der Waals surface area contributed by atoms with Gasteiger partial charge in [0.05, 0.1) is 19.8 Å². The molecule has 1 aromatic rings. The molecule has 0 spiro atoms. The van der Waals surface area contributed by atoms with Crippen molar-refractivity contribution in [1.82, 2.24) is 20.4 Å². The maximum absolute atomic E-state index is 5.49. The second-order valence-corrected chi connectivity index (χ2v) is 8.24. The fraction of sp³-hybridized carbons (Fsp3) is 0.696. The van der Waals surface area contributed by atoms with Crippen molar-refractivity contribution < 1.29 is 4.74 Å². The van der Waals surface area contributed by atoms with Gasteiger partial charge in [-0.2, -0.15) is 0 Å². The zero-order chi connectivity index (χ0) is 21.1. The molecular weight excluding hydrogens is 489 g/mol. The van der Waals surface area contributed by atoms with E-state index in [2.05, 4.69) is 79.3 Å². The summed E-state index contributed by atoms with van der Waals surface area (Å²) in [6.45, 7) is 20.3. The number of halogens is 1. The van der Waals surface area contributed by atoms with E-state index in [1.54, 1.807) is 0 Å². The molecule has 7 heteroatoms. The van der Waals surface area contributed by atoms with E-state index in [4.69, 9.17) is 9.73 Å². The van der Waals surface area contributed by atoms with Crippen LogP contribution in [0.1, 0.15) is 45.7 Å². The Kier molecular flexibility index (Phi) is 12.9. The molecular formula is C23H42IN5O. The third-order valence-electron chi connectivity index (χ3n) is 5.64. The fourth-order valence-corrected chi connectivity index (χ4v) is 3.55. The van der Waals surface area contributed by atoms with Gasteiger partial charge in [0.25, 0.3) is 0 Å². The first-order chi connectivity index (χ1) is 14.0. The maximum atomic E-state index is 5.49. The number of nitrogens with zero attached hydrogens (tertiary/aromatic N) is 3. The van der Waals surface area contributed by atoms with E-state index in [0.29, 0.717) is 6.54 Å². The van der Waals surface area contributed by atoms with Crippen LogP contribution in [-0.2, 0) is 17.8 Å². The van der Waals surface area contributed by atoms with Gasteiger partial charge in [-0.1, -0.05) is 38.1 Å². The van der Waals surface area contributed by atoms with Crippen LogP contribution >= 0.6 is 24.0 Å². The molecule has 1 aromatic carbocycles. The number of aliphatic imine (C=N–C) groups is 1. The highest BCUT2D eigenvalue weighted by Crippen LogP contribution is 2.15. The Labute approximate surface area is 200 Å². The van der Waals surface area contributed by atoms with Gasteiger partial charge in [0.1, 0.15) is 0 Å². The summed E-state index contributed by atoms with van der Waals surface area (Å²) in [6.07, 6.45) is 0. The summed E-state index contributed by atoms with van der Waals surface area (Å²) in [6, 6.07) is 8.85. The molecule has 1 saturated heterocycles. The number of ether oxygens (including phenoxy) is 1. The van der Waals surface area contributed by atoms with Crippen LogP contribution in [0.25, 0.3) is 0 Å². The Morgan fingerprint density at radius 1 is 1.03 bits per heavy atom. The van der Waals surface area contributed by atoms with E-state index >= 15 is 0 Å². The largest absolute Gasteiger partial charge is 0.379 e. The molecule has 0 unspecified atom stereocenters. The molecule has 2 N–H and O–H groups in total. The van der Waals surface area contributed by atoms with Crippen LogP contribution in [0.15, 0.2) is 29.3 Å². The van der Waals surface area contributed by atoms with Crippen molar-refractivity contribution in [2.24, 2.45) is 4.99 Å². The molecule has 0 bridgehead atoms. The zero-order valence-corrected chi connectivity index (χ0v) is 21.9. The molecule has 0 amide bonds. The number of guanidine groups is 1. The van der Waals surface area contributed by atoms with Gasteiger partial charge in [-0.3, -0.25) is 9.80 Å². The van der Waals surface area contributed by atoms with Gasteiger partial charge in [-0.15, -0.1) is 24.0 Å². The standard InChI is InChI=1S/C23H41N5O.HI/c1-6-24-22(26-19-23(4,5)28-13-15-29-16-14-28)25-17-20-9-11-21(12-10-20)18-27(7-2)8-3;/h9-12H,6-8,13-19H2,1-5H3,(H2,24,25,26);1H. The van der Waals surface area contributed by atoms with Crippen molar-refractivity contribution >= 4 is 29.9 Å². The van der Waals surface area contributed by atoms with Crippen LogP contribution < -0.4 is 10.6 Å². The minimum absolute atomic E-state index is 0. The Morgan fingerprint density at radius 3 is 2.20 bits per heavy atom. The molecule has 1 fully saturated rings. The van der Waals surface area contributed by atoms with Crippen LogP contribution in [0.3, 0.4) is 0 Å². The molecule has 30 heavy (non-hydrogen) atoms. The summed E-state index contributed by atoms with van der Waals surface area (Å²) in [5.41, 5.74) is 2.66. The summed E-state index contributed by atoms with van der Waals surface area (Å²) in [4.78, 5) is 9.71. The number of benzene rings is 1. The lowest BCUT2D eigenvalue weighted by molar-refractivity contribution is -0.00834. The van der Waals surface area contributed by atoms with Crippen molar-refractivity contribution in [3.63, 3.8) is 0 Å². The van der Waals surface area contributed by atoms with E-state index in [0.717, 1.165) is 65.0 Å². The van der Waals surface area contributed by atoms with Crippen LogP contribution in [0, 0.1) is 0 Å². The Morgan fingerprint density at radius 2 is 1.63 bits per heavy atom. The number of rotatable bonds is 10. The van der Waals surface area contributed by atoms with Gasteiger partial charge in [0.15, 0.2) is 5.96 Å². The molecule has 6 nitrogen and oxygen atoms in total. The third kappa shape index (κ3) is 9.08. The molecule has 1 aliphatic heterocycles. The number of hydrogen-bond acceptors (Lipinski definition) is 4. The predicted molar refractivity (Wildman–Crippen MR) is 138 cm³/mol. The average Bonchev–Trinajstić information content (AvgIpc) is 2.75. The summed E-state index contributed by atoms with van der Waals surface area (Å²) in [5, 5.41) is 6.90. The van der Waals surface area contributed by atoms with Crippen LogP contribution in [0.4, 0.5) is 0 Å². The highest BCUT2D eigenvalue weighted by Gasteiger charge is 2.28. The lowest BCUT2D eigenvalue weighted by atomic mass is 10.0. The summed E-state index contributed by atoms with van der Waals surface area (Å²) in [5.74, 6) is 0.876. The molecule has 0 atom stereocenters. The first-order valence-corrected chi connectivity index (χ1v) is 11.1. The van der Waals surface area contributed by atoms with Crippen molar-refractivity contribution in [3.05, 3.63) is 35.4 Å². The van der Waals surface area contributed by atoms with Crippen molar-refractivity contribution in [2.75, 3.05) is 52.5 Å². The minimum Gasteiger partial charge on any atom is -0.379 e. The van der Waals surface area contributed by atoms with E-state index in [1.807, 2.05) is 0 Å². The fourth-order valence-electron chi connectivity index (χ4n) is 3.55. The van der Waals surface area contributed by atoms with Gasteiger partial charge in [-0.05, 0) is 45.0 Å². The normalized spacial score (nSPS) is 15.7. The third-order valence-corrected chi connectivity index (χ3v) is 5.64. The molecule has 0 aliphatic carbocycles. The highest BCUT2D eigenvalue weighted by molar-refractivity contribution is 14.0. The van der Waals surface area contributed by atoms with Gasteiger partial charge in [0, 0.05) is 38.3 Å². The second kappa shape index (κ2) is 14.2. The Balaban J connectivity index is 0.00000450. The lowest BCUT2D eigenvalue weighted by Gasteiger charge is -2.41. The van der Waals surface area contributed by atoms with Crippen molar-refractivity contribution in [3.8, 4) is 0 Å². The first-order valence-electron chi connectivity index (χ1n) is 11.1. The van der Waals surface area contributed by atoms with Gasteiger partial charge in [-0.25, -0.2) is 4.99 Å². The Bertz CT molecular complexity index is 611. The average molecular weight is 532 g/mol. The zero-order valence-electron chi connectivity index (χ0n) is 19.5. The predicted octanol–water partition coefficient (Wildman–Crippen LogP) is 3.31. The topological polar surface area (TPSA) is 52.1 Å². The van der Waals surface area contributed by atoms with Crippen LogP contribution in [0.2, 0.25) is 0 Å². The lowest BCUT2D eigenvalue weighted by Crippen LogP contribution is -2.56. The molecule has 1 heterocycles. The monoisotopic (exact) mass is 531 g/mol. The van der Waals surface area contributed by atoms with E-state index in [1.165, 1.54) is 11.1 Å². The van der Waals surface area contributed by atoms with Gasteiger partial charge < -0.3 is 15.4 Å². The maximum Gasteiger partial charge on any atom is 0.191 e. The SMILES string of the molecule is CCNC(=NCc1ccc(CN(CC)CC)cc1)NCC(C)(C)N1CCOCC1.I. The van der Waals surface area contributed by atoms with E-state index in [9.17, 15) is 0 Å². The molecule has 0 radical (unpaired) electrons. The van der Waals surface area contributed by atoms with Gasteiger partial charge >= 0.3 is 0 Å². The number of hydrogen-bond donors (Lipinski definition) is 2. The number of nitrogens with one attached hydrogen (secondary N) is 2. The summed E-state index contributed by atoms with van der Waals surface area (Å²) in [7, 11) is 0. The second-order valence-electron chi connectivity index (χ2n) is 8.24. The Hall–Kier alpha value is -0.900. The smallest absolute Gasteiger partial charge is 0.191 e. The number of morpholine rings is 1. The van der Waals surface area contributed by atoms with Crippen LogP contribution in [-0.4, -0.2) is 73.8 Å². The molecule has 2 rings (SSSR count). The van der Waals surface area contributed by atoms with Crippen molar-refractivity contribution in [2.45, 2.75) is 53.2 Å². The molecule has 1 aliphatic rings. The summed E-state index contributed by atoms with van der Waals surface area (Å²) < 4.78 is 5.49. The van der Waals surface area contributed by atoms with E-state index in [-0.39, 0.29) is 29.5 Å². The molecule has 0 aromatic heterocycles. The molecule has 172 valence electrons. The quantitative estimate of drug-likeness (QED) is 0.276. The first kappa shape index (κ1) is 27.1. The summed E-state index contributed by atoms with van der Waals surface area (Å²) >= 11 is 0. The molecule has 0 saturated carbocycles. The van der Waals surface area contributed by atoms with E-state index < -0.39 is 0 Å². The highest BCUT2D eigenvalue weighted by atomic mass is 127. The minimum atomic E-state index is 0. The van der Waals surface area contributed by atoms with Gasteiger partial charge in [0.2, 0.25) is 0 Å². The van der Waals surface area contributed by atoms with Crippen molar-refractivity contribution in [1.29, 1.82) is 0 Å².